The van der Waals surface area contributed by atoms with E-state index in [1.165, 1.54) is 42.0 Å². The van der Waals surface area contributed by atoms with E-state index in [1.807, 2.05) is 23.1 Å². The maximum atomic E-state index is 5.79. The van der Waals surface area contributed by atoms with Gasteiger partial charge >= 0.3 is 0 Å². The van der Waals surface area contributed by atoms with Gasteiger partial charge in [-0.15, -0.1) is 0 Å². The molecule has 1 aromatic heterocycles. The number of aryl methyl sites for hydroxylation is 3. The van der Waals surface area contributed by atoms with E-state index < -0.39 is 0 Å². The number of thioether (sulfide) groups is 1. The van der Waals surface area contributed by atoms with Crippen LogP contribution in [0.25, 0.3) is 16.3 Å². The van der Waals surface area contributed by atoms with Gasteiger partial charge in [0.15, 0.2) is 0 Å². The summed E-state index contributed by atoms with van der Waals surface area (Å²) in [5.41, 5.74) is 5.15. The molecule has 0 atom stereocenters. The zero-order valence-electron chi connectivity index (χ0n) is 17.7. The van der Waals surface area contributed by atoms with Gasteiger partial charge in [0.1, 0.15) is 17.0 Å². The third-order valence-corrected chi connectivity index (χ3v) is 7.36. The van der Waals surface area contributed by atoms with Gasteiger partial charge in [0.2, 0.25) is 5.52 Å². The lowest BCUT2D eigenvalue weighted by Gasteiger charge is -2.18. The largest absolute Gasteiger partial charge is 0.496 e. The van der Waals surface area contributed by atoms with Gasteiger partial charge in [0.25, 0.3) is 5.01 Å². The number of benzene rings is 2. The van der Waals surface area contributed by atoms with Crippen molar-refractivity contribution in [2.75, 3.05) is 18.6 Å². The van der Waals surface area contributed by atoms with E-state index in [1.54, 1.807) is 7.11 Å². The van der Waals surface area contributed by atoms with Crippen molar-refractivity contribution in [3.8, 4) is 0 Å². The fourth-order valence-electron chi connectivity index (χ4n) is 3.70. The van der Waals surface area contributed by atoms with Gasteiger partial charge in [-0.3, -0.25) is 0 Å². The zero-order valence-corrected chi connectivity index (χ0v) is 19.3. The molecule has 2 aromatic carbocycles. The van der Waals surface area contributed by atoms with Gasteiger partial charge in [-0.2, -0.15) is 4.57 Å². The first-order valence-electron chi connectivity index (χ1n) is 10.0. The number of fused-ring (bicyclic) bond motifs is 2. The van der Waals surface area contributed by atoms with Crippen LogP contribution in [0.3, 0.4) is 0 Å². The summed E-state index contributed by atoms with van der Waals surface area (Å²) in [6.45, 7) is 10.5. The SMILES string of the molecule is CCN1/C(=C/C(=C/c2sc3cc(C)ccc3[n+]2CC)OC)Sc2cc(C)ccc21. The van der Waals surface area contributed by atoms with Crippen LogP contribution in [0.2, 0.25) is 0 Å². The maximum absolute atomic E-state index is 5.79. The molecule has 0 spiro atoms. The Morgan fingerprint density at radius 2 is 1.86 bits per heavy atom. The normalized spacial score (nSPS) is 15.4. The number of ether oxygens (including phenoxy) is 1. The summed E-state index contributed by atoms with van der Waals surface area (Å²) >= 11 is 3.63. The van der Waals surface area contributed by atoms with Crippen molar-refractivity contribution in [1.29, 1.82) is 0 Å². The molecule has 0 unspecified atom stereocenters. The minimum atomic E-state index is 0.876. The van der Waals surface area contributed by atoms with Gasteiger partial charge in [0.05, 0.1) is 23.9 Å². The van der Waals surface area contributed by atoms with E-state index in [0.29, 0.717) is 0 Å². The van der Waals surface area contributed by atoms with Crippen molar-refractivity contribution in [2.45, 2.75) is 39.1 Å². The molecule has 0 aliphatic carbocycles. The Balaban J connectivity index is 1.75. The molecular formula is C24H27N2OS2+. The molecule has 2 heterocycles. The molecule has 1 aliphatic rings. The van der Waals surface area contributed by atoms with Crippen molar-refractivity contribution >= 4 is 45.1 Å². The number of hydrogen-bond acceptors (Lipinski definition) is 4. The number of aromatic nitrogens is 1. The summed E-state index contributed by atoms with van der Waals surface area (Å²) in [7, 11) is 1.75. The summed E-state index contributed by atoms with van der Waals surface area (Å²) < 4.78 is 9.46. The van der Waals surface area contributed by atoms with Gasteiger partial charge in [0, 0.05) is 23.6 Å². The Morgan fingerprint density at radius 1 is 1.10 bits per heavy atom. The highest BCUT2D eigenvalue weighted by atomic mass is 32.2. The van der Waals surface area contributed by atoms with Crippen LogP contribution in [0.15, 0.2) is 58.2 Å². The molecule has 0 radical (unpaired) electrons. The van der Waals surface area contributed by atoms with Crippen LogP contribution in [-0.4, -0.2) is 13.7 Å². The summed E-state index contributed by atoms with van der Waals surface area (Å²) in [6.07, 6.45) is 4.33. The Bertz CT molecular complexity index is 1130. The molecule has 4 rings (SSSR count). The predicted octanol–water partition coefficient (Wildman–Crippen LogP) is 6.29. The van der Waals surface area contributed by atoms with Crippen LogP contribution < -0.4 is 9.47 Å². The molecule has 0 amide bonds. The molecule has 0 bridgehead atoms. The summed E-state index contributed by atoms with van der Waals surface area (Å²) in [5.74, 6) is 0.876. The summed E-state index contributed by atoms with van der Waals surface area (Å²) in [5, 5.41) is 2.42. The Kier molecular flexibility index (Phi) is 5.70. The maximum Gasteiger partial charge on any atom is 0.266 e. The molecule has 29 heavy (non-hydrogen) atoms. The zero-order chi connectivity index (χ0) is 20.5. The Hall–Kier alpha value is -2.24. The van der Waals surface area contributed by atoms with E-state index in [2.05, 4.69) is 85.7 Å². The first-order chi connectivity index (χ1) is 14.0. The fraction of sp³-hybridized carbons (Fsp3) is 0.292. The quantitative estimate of drug-likeness (QED) is 0.355. The Morgan fingerprint density at radius 3 is 2.59 bits per heavy atom. The van der Waals surface area contributed by atoms with Crippen LogP contribution >= 0.6 is 23.1 Å². The number of rotatable bonds is 5. The standard InChI is InChI=1S/C24H27N2OS2/c1-6-25-19-10-8-16(3)12-21(19)28-23(25)14-18(27-5)15-24-26(7-2)20-11-9-17(4)13-22(20)29-24/h8-15H,6-7H2,1-5H3/q+1. The van der Waals surface area contributed by atoms with Gasteiger partial charge in [-0.25, -0.2) is 0 Å². The molecular weight excluding hydrogens is 396 g/mol. The molecule has 0 fully saturated rings. The van der Waals surface area contributed by atoms with Crippen molar-refractivity contribution in [2.24, 2.45) is 0 Å². The lowest BCUT2D eigenvalue weighted by atomic mass is 10.2. The average Bonchev–Trinajstić information content (AvgIpc) is 3.22. The first kappa shape index (κ1) is 20.0. The van der Waals surface area contributed by atoms with Gasteiger partial charge in [-0.05, 0) is 57.0 Å². The van der Waals surface area contributed by atoms with E-state index in [-0.39, 0.29) is 0 Å². The highest BCUT2D eigenvalue weighted by Gasteiger charge is 2.25. The van der Waals surface area contributed by atoms with Crippen molar-refractivity contribution in [3.63, 3.8) is 0 Å². The molecule has 3 aromatic rings. The molecule has 0 N–H and O–H groups in total. The fourth-order valence-corrected chi connectivity index (χ4v) is 6.23. The third-order valence-electron chi connectivity index (χ3n) is 5.17. The lowest BCUT2D eigenvalue weighted by Crippen LogP contribution is -2.33. The second-order valence-corrected chi connectivity index (χ2v) is 9.33. The van der Waals surface area contributed by atoms with Crippen LogP contribution in [0.1, 0.15) is 30.0 Å². The van der Waals surface area contributed by atoms with Crippen molar-refractivity contribution in [3.05, 3.63) is 69.4 Å². The monoisotopic (exact) mass is 423 g/mol. The van der Waals surface area contributed by atoms with Crippen LogP contribution in [0.4, 0.5) is 5.69 Å². The Labute approximate surface area is 181 Å². The molecule has 1 aliphatic heterocycles. The summed E-state index contributed by atoms with van der Waals surface area (Å²) in [4.78, 5) is 3.67. The average molecular weight is 424 g/mol. The number of allylic oxidation sites excluding steroid dienone is 1. The predicted molar refractivity (Wildman–Crippen MR) is 126 cm³/mol. The summed E-state index contributed by atoms with van der Waals surface area (Å²) in [6, 6.07) is 13.3. The van der Waals surface area contributed by atoms with Crippen LogP contribution in [0, 0.1) is 13.8 Å². The van der Waals surface area contributed by atoms with Crippen LogP contribution in [0.5, 0.6) is 0 Å². The number of methoxy groups -OCH3 is 1. The van der Waals surface area contributed by atoms with Gasteiger partial charge in [-0.1, -0.05) is 35.2 Å². The number of thiazole rings is 1. The van der Waals surface area contributed by atoms with E-state index in [9.17, 15) is 0 Å². The molecule has 3 nitrogen and oxygen atoms in total. The van der Waals surface area contributed by atoms with E-state index >= 15 is 0 Å². The van der Waals surface area contributed by atoms with Gasteiger partial charge < -0.3 is 9.64 Å². The molecule has 0 saturated carbocycles. The minimum absolute atomic E-state index is 0.876. The number of nitrogens with zero attached hydrogens (tertiary/aromatic N) is 2. The molecule has 0 saturated heterocycles. The number of anilines is 1. The third kappa shape index (κ3) is 3.81. The minimum Gasteiger partial charge on any atom is -0.496 e. The van der Waals surface area contributed by atoms with E-state index in [0.717, 1.165) is 18.8 Å². The first-order valence-corrected chi connectivity index (χ1v) is 11.6. The second kappa shape index (κ2) is 8.25. The van der Waals surface area contributed by atoms with Crippen molar-refractivity contribution in [1.82, 2.24) is 0 Å². The lowest BCUT2D eigenvalue weighted by molar-refractivity contribution is -0.665. The molecule has 5 heteroatoms. The van der Waals surface area contributed by atoms with Crippen LogP contribution in [-0.2, 0) is 11.3 Å². The number of hydrogen-bond donors (Lipinski definition) is 0. The highest BCUT2D eigenvalue weighted by Crippen LogP contribution is 2.46. The van der Waals surface area contributed by atoms with Crippen molar-refractivity contribution < 1.29 is 9.30 Å². The highest BCUT2D eigenvalue weighted by molar-refractivity contribution is 8.03. The second-order valence-electron chi connectivity index (χ2n) is 7.21. The topological polar surface area (TPSA) is 16.4 Å². The smallest absolute Gasteiger partial charge is 0.266 e. The van der Waals surface area contributed by atoms with E-state index in [4.69, 9.17) is 4.74 Å². The molecule has 150 valence electrons.